The number of rotatable bonds is 4. The summed E-state index contributed by atoms with van der Waals surface area (Å²) in [4.78, 5) is 24.8. The molecule has 1 aliphatic rings. The Hall–Kier alpha value is -0.960. The number of hydrogen-bond donors (Lipinski definition) is 2. The Morgan fingerprint density at radius 2 is 2.19 bits per heavy atom. The van der Waals surface area contributed by atoms with Gasteiger partial charge in [-0.05, 0) is 34.1 Å². The fourth-order valence-electron chi connectivity index (χ4n) is 2.02. The number of carboxylic acid groups (broad SMARTS) is 1. The number of benzene rings is 1. The van der Waals surface area contributed by atoms with Crippen molar-refractivity contribution in [1.82, 2.24) is 4.90 Å². The molecule has 1 saturated heterocycles. The molecule has 1 amide bonds. The number of hydrogen-bond acceptors (Lipinski definition) is 4. The summed E-state index contributed by atoms with van der Waals surface area (Å²) in [6.07, 6.45) is 0. The first-order valence-electron chi connectivity index (χ1n) is 6.27. The average molecular weight is 422 g/mol. The van der Waals surface area contributed by atoms with Gasteiger partial charge in [-0.2, -0.15) is 0 Å². The van der Waals surface area contributed by atoms with Gasteiger partial charge in [-0.15, -0.1) is 0 Å². The third kappa shape index (κ3) is 4.50. The Morgan fingerprint density at radius 3 is 2.86 bits per heavy atom. The van der Waals surface area contributed by atoms with Gasteiger partial charge < -0.3 is 15.2 Å². The molecule has 1 aromatic rings. The summed E-state index contributed by atoms with van der Waals surface area (Å²) in [6.45, 7) is 0.971. The van der Waals surface area contributed by atoms with Crippen LogP contribution in [0.1, 0.15) is 0 Å². The highest BCUT2D eigenvalue weighted by atomic mass is 79.9. The summed E-state index contributed by atoms with van der Waals surface area (Å²) in [6, 6.07) is 4.62. The standard InChI is InChI=1S/C13H14Br2N2O4/c14-8-1-2-10(9(15)5-8)16-12(18)6-17-3-4-21-7-11(17)13(19)20/h1-2,5,11H,3-4,6-7H2,(H,16,18)(H,19,20). The molecule has 0 aromatic heterocycles. The zero-order valence-corrected chi connectivity index (χ0v) is 14.2. The van der Waals surface area contributed by atoms with Gasteiger partial charge in [0.25, 0.3) is 0 Å². The Morgan fingerprint density at radius 1 is 1.43 bits per heavy atom. The Kier molecular flexibility index (Phi) is 5.74. The second kappa shape index (κ2) is 7.35. The van der Waals surface area contributed by atoms with E-state index in [9.17, 15) is 9.59 Å². The molecule has 1 fully saturated rings. The number of nitrogens with one attached hydrogen (secondary N) is 1. The molecule has 0 aliphatic carbocycles. The maximum absolute atomic E-state index is 12.1. The van der Waals surface area contributed by atoms with Crippen LogP contribution in [0.2, 0.25) is 0 Å². The SMILES string of the molecule is O=C(CN1CCOCC1C(=O)O)Nc1ccc(Br)cc1Br. The number of carbonyl (C=O) groups excluding carboxylic acids is 1. The van der Waals surface area contributed by atoms with Crippen molar-refractivity contribution in [1.29, 1.82) is 0 Å². The molecule has 2 rings (SSSR count). The van der Waals surface area contributed by atoms with Crippen LogP contribution in [0.15, 0.2) is 27.1 Å². The van der Waals surface area contributed by atoms with Crippen molar-refractivity contribution in [3.63, 3.8) is 0 Å². The molecular weight excluding hydrogens is 408 g/mol. The lowest BCUT2D eigenvalue weighted by atomic mass is 10.2. The molecule has 0 radical (unpaired) electrons. The molecule has 0 bridgehead atoms. The smallest absolute Gasteiger partial charge is 0.323 e. The Labute approximate surface area is 138 Å². The lowest BCUT2D eigenvalue weighted by Gasteiger charge is -2.32. The highest BCUT2D eigenvalue weighted by molar-refractivity contribution is 9.11. The monoisotopic (exact) mass is 420 g/mol. The van der Waals surface area contributed by atoms with E-state index in [2.05, 4.69) is 37.2 Å². The third-order valence-electron chi connectivity index (χ3n) is 3.08. The van der Waals surface area contributed by atoms with Crippen molar-refractivity contribution in [2.45, 2.75) is 6.04 Å². The third-order valence-corrected chi connectivity index (χ3v) is 4.23. The van der Waals surface area contributed by atoms with Crippen LogP contribution in [0, 0.1) is 0 Å². The summed E-state index contributed by atoms with van der Waals surface area (Å²) < 4.78 is 6.79. The molecule has 6 nitrogen and oxygen atoms in total. The zero-order valence-electron chi connectivity index (χ0n) is 11.0. The number of anilines is 1. The van der Waals surface area contributed by atoms with E-state index in [1.807, 2.05) is 12.1 Å². The molecule has 8 heteroatoms. The van der Waals surface area contributed by atoms with Crippen LogP contribution < -0.4 is 5.32 Å². The molecule has 1 atom stereocenters. The van der Waals surface area contributed by atoms with Crippen molar-refractivity contribution in [3.05, 3.63) is 27.1 Å². The summed E-state index contributed by atoms with van der Waals surface area (Å²) in [5.41, 5.74) is 0.642. The van der Waals surface area contributed by atoms with Gasteiger partial charge in [0.1, 0.15) is 6.04 Å². The van der Waals surface area contributed by atoms with Crippen LogP contribution in [0.3, 0.4) is 0 Å². The Bertz CT molecular complexity index is 553. The van der Waals surface area contributed by atoms with Crippen LogP contribution in [-0.2, 0) is 14.3 Å². The fraction of sp³-hybridized carbons (Fsp3) is 0.385. The molecule has 1 aliphatic heterocycles. The summed E-state index contributed by atoms with van der Waals surface area (Å²) >= 11 is 6.70. The second-order valence-corrected chi connectivity index (χ2v) is 6.34. The van der Waals surface area contributed by atoms with Gasteiger partial charge in [-0.1, -0.05) is 15.9 Å². The fourth-order valence-corrected chi connectivity index (χ4v) is 3.17. The number of aliphatic carboxylic acids is 1. The van der Waals surface area contributed by atoms with E-state index >= 15 is 0 Å². The van der Waals surface area contributed by atoms with Gasteiger partial charge in [-0.25, -0.2) is 0 Å². The normalized spacial score (nSPS) is 19.2. The van der Waals surface area contributed by atoms with Crippen LogP contribution >= 0.6 is 31.9 Å². The van der Waals surface area contributed by atoms with Gasteiger partial charge in [0.15, 0.2) is 0 Å². The number of ether oxygens (including phenoxy) is 1. The van der Waals surface area contributed by atoms with Crippen molar-refractivity contribution in [2.24, 2.45) is 0 Å². The topological polar surface area (TPSA) is 78.9 Å². The van der Waals surface area contributed by atoms with E-state index < -0.39 is 12.0 Å². The number of amides is 1. The summed E-state index contributed by atoms with van der Waals surface area (Å²) in [5.74, 6) is -1.24. The summed E-state index contributed by atoms with van der Waals surface area (Å²) in [7, 11) is 0. The van der Waals surface area contributed by atoms with Gasteiger partial charge in [-0.3, -0.25) is 14.5 Å². The van der Waals surface area contributed by atoms with Gasteiger partial charge in [0.2, 0.25) is 5.91 Å². The first-order valence-corrected chi connectivity index (χ1v) is 7.85. The van der Waals surface area contributed by atoms with Crippen molar-refractivity contribution in [3.8, 4) is 0 Å². The minimum absolute atomic E-state index is 0.0167. The number of nitrogens with zero attached hydrogens (tertiary/aromatic N) is 1. The van der Waals surface area contributed by atoms with E-state index in [4.69, 9.17) is 9.84 Å². The number of carboxylic acids is 1. The lowest BCUT2D eigenvalue weighted by Crippen LogP contribution is -2.52. The Balaban J connectivity index is 1.98. The first kappa shape index (κ1) is 16.4. The summed E-state index contributed by atoms with van der Waals surface area (Å²) in [5, 5.41) is 11.9. The molecule has 0 spiro atoms. The minimum Gasteiger partial charge on any atom is -0.480 e. The van der Waals surface area contributed by atoms with Gasteiger partial charge >= 0.3 is 5.97 Å². The number of morpholine rings is 1. The molecule has 0 saturated carbocycles. The highest BCUT2D eigenvalue weighted by Gasteiger charge is 2.30. The van der Waals surface area contributed by atoms with Crippen LogP contribution in [0.5, 0.6) is 0 Å². The van der Waals surface area contributed by atoms with Crippen LogP contribution in [0.4, 0.5) is 5.69 Å². The first-order chi connectivity index (χ1) is 9.97. The average Bonchev–Trinajstić information content (AvgIpc) is 2.42. The molecule has 1 heterocycles. The number of carbonyl (C=O) groups is 2. The quantitative estimate of drug-likeness (QED) is 0.776. The predicted molar refractivity (Wildman–Crippen MR) is 84.3 cm³/mol. The molecule has 21 heavy (non-hydrogen) atoms. The van der Waals surface area contributed by atoms with Crippen LogP contribution in [-0.4, -0.2) is 54.2 Å². The van der Waals surface area contributed by atoms with Gasteiger partial charge in [0.05, 0.1) is 25.4 Å². The molecule has 1 unspecified atom stereocenters. The largest absolute Gasteiger partial charge is 0.480 e. The lowest BCUT2D eigenvalue weighted by molar-refractivity contribution is -0.150. The van der Waals surface area contributed by atoms with Crippen molar-refractivity contribution < 1.29 is 19.4 Å². The molecule has 114 valence electrons. The van der Waals surface area contributed by atoms with E-state index in [1.54, 1.807) is 11.0 Å². The number of halogens is 2. The van der Waals surface area contributed by atoms with E-state index in [-0.39, 0.29) is 19.1 Å². The van der Waals surface area contributed by atoms with Crippen molar-refractivity contribution >= 4 is 49.4 Å². The maximum Gasteiger partial charge on any atom is 0.323 e. The van der Waals surface area contributed by atoms with E-state index in [0.717, 1.165) is 8.95 Å². The van der Waals surface area contributed by atoms with E-state index in [1.165, 1.54) is 0 Å². The van der Waals surface area contributed by atoms with E-state index in [0.29, 0.717) is 18.8 Å². The van der Waals surface area contributed by atoms with Crippen LogP contribution in [0.25, 0.3) is 0 Å². The zero-order chi connectivity index (χ0) is 15.4. The molecule has 1 aromatic carbocycles. The van der Waals surface area contributed by atoms with Gasteiger partial charge in [0, 0.05) is 15.5 Å². The minimum atomic E-state index is -0.979. The maximum atomic E-state index is 12.1. The van der Waals surface area contributed by atoms with Crippen molar-refractivity contribution in [2.75, 3.05) is 31.6 Å². The molecule has 2 N–H and O–H groups in total. The second-order valence-electron chi connectivity index (χ2n) is 4.57. The predicted octanol–water partition coefficient (Wildman–Crippen LogP) is 1.94. The highest BCUT2D eigenvalue weighted by Crippen LogP contribution is 2.26. The molecular formula is C13H14Br2N2O4.